The second kappa shape index (κ2) is 10.0. The smallest absolute Gasteiger partial charge is 0.255 e. The number of benzene rings is 2. The summed E-state index contributed by atoms with van der Waals surface area (Å²) in [6.45, 7) is 6.09. The number of likely N-dealkylation sites (N-methyl/N-ethyl adjacent to an activating group) is 1. The Hall–Kier alpha value is -2.70. The second-order valence-electron chi connectivity index (χ2n) is 7.15. The van der Waals surface area contributed by atoms with E-state index in [0.29, 0.717) is 23.4 Å². The maximum atomic E-state index is 12.3. The third-order valence-corrected chi connectivity index (χ3v) is 4.97. The number of carbonyl (C=O) groups excluding carboxylic acids is 2. The van der Waals surface area contributed by atoms with Gasteiger partial charge in [-0.1, -0.05) is 18.2 Å². The first-order valence-corrected chi connectivity index (χ1v) is 9.77. The fraction of sp³-hybridized carbons (Fsp3) is 0.364. The number of piperazine rings is 1. The van der Waals surface area contributed by atoms with Crippen LogP contribution >= 0.6 is 0 Å². The highest BCUT2D eigenvalue weighted by Crippen LogP contribution is 2.11. The van der Waals surface area contributed by atoms with Gasteiger partial charge in [0.2, 0.25) is 0 Å². The van der Waals surface area contributed by atoms with Crippen molar-refractivity contribution in [3.63, 3.8) is 0 Å². The van der Waals surface area contributed by atoms with Crippen molar-refractivity contribution in [3.8, 4) is 0 Å². The van der Waals surface area contributed by atoms with Gasteiger partial charge in [-0.05, 0) is 56.4 Å². The summed E-state index contributed by atoms with van der Waals surface area (Å²) < 4.78 is 0. The Labute approximate surface area is 166 Å². The Morgan fingerprint density at radius 1 is 0.857 bits per heavy atom. The van der Waals surface area contributed by atoms with E-state index < -0.39 is 0 Å². The van der Waals surface area contributed by atoms with Crippen LogP contribution in [0.15, 0.2) is 54.6 Å². The molecule has 6 nitrogen and oxygen atoms in total. The minimum absolute atomic E-state index is 0.0840. The number of amides is 2. The molecule has 0 spiro atoms. The zero-order valence-electron chi connectivity index (χ0n) is 16.4. The van der Waals surface area contributed by atoms with E-state index in [4.69, 9.17) is 0 Å². The molecule has 0 radical (unpaired) electrons. The van der Waals surface area contributed by atoms with E-state index in [1.54, 1.807) is 36.4 Å². The molecule has 28 heavy (non-hydrogen) atoms. The van der Waals surface area contributed by atoms with Gasteiger partial charge in [0.25, 0.3) is 11.8 Å². The minimum atomic E-state index is -0.165. The molecule has 0 unspecified atom stereocenters. The van der Waals surface area contributed by atoms with Crippen LogP contribution in [0.1, 0.15) is 27.1 Å². The standard InChI is InChI=1S/C22H28N4O2/c1-25-14-16-26(17-15-25)13-5-12-23-21(27)19-8-10-20(11-9-19)24-22(28)18-6-3-2-4-7-18/h2-4,6-11H,5,12-17H2,1H3,(H,23,27)(H,24,28). The monoisotopic (exact) mass is 380 g/mol. The maximum absolute atomic E-state index is 12.3. The summed E-state index contributed by atoms with van der Waals surface area (Å²) in [5.74, 6) is -0.249. The molecule has 1 fully saturated rings. The minimum Gasteiger partial charge on any atom is -0.352 e. The van der Waals surface area contributed by atoms with Crippen LogP contribution in [0.4, 0.5) is 5.69 Å². The molecule has 1 aliphatic rings. The normalized spacial score (nSPS) is 15.2. The second-order valence-corrected chi connectivity index (χ2v) is 7.15. The van der Waals surface area contributed by atoms with Gasteiger partial charge in [0.1, 0.15) is 0 Å². The molecule has 3 rings (SSSR count). The number of anilines is 1. The molecular formula is C22H28N4O2. The lowest BCUT2D eigenvalue weighted by atomic mass is 10.1. The lowest BCUT2D eigenvalue weighted by Crippen LogP contribution is -2.45. The number of rotatable bonds is 7. The van der Waals surface area contributed by atoms with E-state index in [1.165, 1.54) is 0 Å². The molecule has 2 N–H and O–H groups in total. The van der Waals surface area contributed by atoms with Gasteiger partial charge in [-0.25, -0.2) is 0 Å². The molecule has 6 heteroatoms. The zero-order chi connectivity index (χ0) is 19.8. The van der Waals surface area contributed by atoms with Gasteiger partial charge in [-0.3, -0.25) is 9.59 Å². The number of hydrogen-bond acceptors (Lipinski definition) is 4. The summed E-state index contributed by atoms with van der Waals surface area (Å²) in [6.07, 6.45) is 0.945. The van der Waals surface area contributed by atoms with E-state index in [0.717, 1.165) is 39.1 Å². The predicted molar refractivity (Wildman–Crippen MR) is 112 cm³/mol. The summed E-state index contributed by atoms with van der Waals surface area (Å²) in [4.78, 5) is 29.2. The first kappa shape index (κ1) is 20.0. The van der Waals surface area contributed by atoms with E-state index >= 15 is 0 Å². The average molecular weight is 380 g/mol. The van der Waals surface area contributed by atoms with Crippen molar-refractivity contribution in [1.82, 2.24) is 15.1 Å². The highest BCUT2D eigenvalue weighted by atomic mass is 16.2. The van der Waals surface area contributed by atoms with Crippen molar-refractivity contribution in [2.24, 2.45) is 0 Å². The van der Waals surface area contributed by atoms with Crippen molar-refractivity contribution in [2.45, 2.75) is 6.42 Å². The molecular weight excluding hydrogens is 352 g/mol. The Morgan fingerprint density at radius 2 is 1.50 bits per heavy atom. The Balaban J connectivity index is 1.40. The Morgan fingerprint density at radius 3 is 2.18 bits per heavy atom. The van der Waals surface area contributed by atoms with E-state index in [1.807, 2.05) is 18.2 Å². The maximum Gasteiger partial charge on any atom is 0.255 e. The zero-order valence-corrected chi connectivity index (χ0v) is 16.4. The van der Waals surface area contributed by atoms with Crippen molar-refractivity contribution >= 4 is 17.5 Å². The van der Waals surface area contributed by atoms with Crippen LogP contribution in [0.5, 0.6) is 0 Å². The molecule has 1 heterocycles. The molecule has 148 valence electrons. The fourth-order valence-electron chi connectivity index (χ4n) is 3.18. The summed E-state index contributed by atoms with van der Waals surface area (Å²) >= 11 is 0. The Kier molecular flexibility index (Phi) is 7.17. The number of carbonyl (C=O) groups is 2. The van der Waals surface area contributed by atoms with Crippen molar-refractivity contribution in [2.75, 3.05) is 51.6 Å². The SMILES string of the molecule is CN1CCN(CCCNC(=O)c2ccc(NC(=O)c3ccccc3)cc2)CC1. The fourth-order valence-corrected chi connectivity index (χ4v) is 3.18. The summed E-state index contributed by atoms with van der Waals surface area (Å²) in [6, 6.07) is 16.0. The van der Waals surface area contributed by atoms with Crippen LogP contribution in [0, 0.1) is 0 Å². The van der Waals surface area contributed by atoms with Crippen LogP contribution in [-0.4, -0.2) is 67.9 Å². The summed E-state index contributed by atoms with van der Waals surface area (Å²) in [5, 5.41) is 5.81. The van der Waals surface area contributed by atoms with E-state index in [9.17, 15) is 9.59 Å². The van der Waals surface area contributed by atoms with Crippen molar-refractivity contribution in [3.05, 3.63) is 65.7 Å². The molecule has 0 saturated carbocycles. The van der Waals surface area contributed by atoms with Gasteiger partial charge in [-0.15, -0.1) is 0 Å². The third kappa shape index (κ3) is 5.90. The molecule has 1 saturated heterocycles. The molecule has 2 amide bonds. The topological polar surface area (TPSA) is 64.7 Å². The largest absolute Gasteiger partial charge is 0.352 e. The molecule has 1 aliphatic heterocycles. The van der Waals surface area contributed by atoms with Crippen LogP contribution in [0.3, 0.4) is 0 Å². The molecule has 0 aliphatic carbocycles. The van der Waals surface area contributed by atoms with Gasteiger partial charge < -0.3 is 20.4 Å². The van der Waals surface area contributed by atoms with Gasteiger partial charge in [-0.2, -0.15) is 0 Å². The van der Waals surface area contributed by atoms with Gasteiger partial charge in [0.15, 0.2) is 0 Å². The van der Waals surface area contributed by atoms with Gasteiger partial charge in [0.05, 0.1) is 0 Å². The van der Waals surface area contributed by atoms with E-state index in [2.05, 4.69) is 27.5 Å². The van der Waals surface area contributed by atoms with Gasteiger partial charge >= 0.3 is 0 Å². The van der Waals surface area contributed by atoms with Crippen molar-refractivity contribution < 1.29 is 9.59 Å². The first-order chi connectivity index (χ1) is 13.6. The highest BCUT2D eigenvalue weighted by molar-refractivity contribution is 6.04. The summed E-state index contributed by atoms with van der Waals surface area (Å²) in [5.41, 5.74) is 1.86. The highest BCUT2D eigenvalue weighted by Gasteiger charge is 2.13. The van der Waals surface area contributed by atoms with Crippen LogP contribution in [0.2, 0.25) is 0 Å². The van der Waals surface area contributed by atoms with E-state index in [-0.39, 0.29) is 11.8 Å². The first-order valence-electron chi connectivity index (χ1n) is 9.77. The predicted octanol–water partition coefficient (Wildman–Crippen LogP) is 2.31. The van der Waals surface area contributed by atoms with Crippen LogP contribution < -0.4 is 10.6 Å². The lowest BCUT2D eigenvalue weighted by molar-refractivity contribution is 0.0949. The molecule has 2 aromatic rings. The molecule has 2 aromatic carbocycles. The van der Waals surface area contributed by atoms with Crippen LogP contribution in [0.25, 0.3) is 0 Å². The van der Waals surface area contributed by atoms with Crippen molar-refractivity contribution in [1.29, 1.82) is 0 Å². The number of nitrogens with one attached hydrogen (secondary N) is 2. The third-order valence-electron chi connectivity index (χ3n) is 4.97. The van der Waals surface area contributed by atoms with Crippen LogP contribution in [-0.2, 0) is 0 Å². The average Bonchev–Trinajstić information content (AvgIpc) is 2.73. The Bertz CT molecular complexity index is 769. The lowest BCUT2D eigenvalue weighted by Gasteiger charge is -2.32. The van der Waals surface area contributed by atoms with Gasteiger partial charge in [0, 0.05) is 49.5 Å². The quantitative estimate of drug-likeness (QED) is 0.724. The molecule has 0 aromatic heterocycles. The summed E-state index contributed by atoms with van der Waals surface area (Å²) in [7, 11) is 2.15. The number of hydrogen-bond donors (Lipinski definition) is 2. The number of nitrogens with zero attached hydrogens (tertiary/aromatic N) is 2. The molecule has 0 bridgehead atoms. The molecule has 0 atom stereocenters.